The highest BCUT2D eigenvalue weighted by molar-refractivity contribution is 7.87. The van der Waals surface area contributed by atoms with E-state index in [0.717, 1.165) is 0 Å². The molecule has 0 aromatic heterocycles. The predicted molar refractivity (Wildman–Crippen MR) is 30.2 cm³/mol. The quantitative estimate of drug-likeness (QED) is 0.394. The van der Waals surface area contributed by atoms with Crippen LogP contribution in [-0.2, 0) is 10.2 Å². The summed E-state index contributed by atoms with van der Waals surface area (Å²) in [6, 6.07) is 0. The molecule has 0 amide bonds. The van der Waals surface area contributed by atoms with Crippen molar-refractivity contribution in [3.8, 4) is 0 Å². The SMILES string of the molecule is CNS(=O)(=O)NCN. The summed E-state index contributed by atoms with van der Waals surface area (Å²) in [6.07, 6.45) is 0. The topological polar surface area (TPSA) is 84.2 Å². The van der Waals surface area contributed by atoms with Crippen LogP contribution in [0.4, 0.5) is 0 Å². The molecule has 0 saturated carbocycles. The molecule has 0 unspecified atom stereocenters. The Morgan fingerprint density at radius 2 is 2.12 bits per heavy atom. The second-order valence-electron chi connectivity index (χ2n) is 1.06. The van der Waals surface area contributed by atoms with Crippen LogP contribution in [0.5, 0.6) is 0 Å². The molecule has 0 bridgehead atoms. The van der Waals surface area contributed by atoms with Crippen molar-refractivity contribution in [1.29, 1.82) is 0 Å². The van der Waals surface area contributed by atoms with Gasteiger partial charge in [-0.1, -0.05) is 0 Å². The van der Waals surface area contributed by atoms with Crippen molar-refractivity contribution in [3.63, 3.8) is 0 Å². The van der Waals surface area contributed by atoms with Gasteiger partial charge < -0.3 is 5.73 Å². The molecule has 8 heavy (non-hydrogen) atoms. The Morgan fingerprint density at radius 1 is 1.62 bits per heavy atom. The minimum Gasteiger partial charge on any atom is -0.318 e. The van der Waals surface area contributed by atoms with Gasteiger partial charge >= 0.3 is 0 Å². The molecule has 50 valence electrons. The maximum Gasteiger partial charge on any atom is 0.277 e. The van der Waals surface area contributed by atoms with Crippen molar-refractivity contribution in [3.05, 3.63) is 0 Å². The number of hydrogen-bond donors (Lipinski definition) is 3. The minimum absolute atomic E-state index is 0.0802. The molecule has 0 fully saturated rings. The fraction of sp³-hybridized carbons (Fsp3) is 1.00. The Balaban J connectivity index is 3.76. The predicted octanol–water partition coefficient (Wildman–Crippen LogP) is -2.04. The summed E-state index contributed by atoms with van der Waals surface area (Å²) < 4.78 is 24.6. The first-order valence-electron chi connectivity index (χ1n) is 2.00. The Hall–Kier alpha value is -0.170. The standard InChI is InChI=1S/C2H9N3O2S/c1-4-8(6,7)5-2-3/h4-5H,2-3H2,1H3. The number of nitrogens with one attached hydrogen (secondary N) is 2. The van der Waals surface area contributed by atoms with Gasteiger partial charge in [0.15, 0.2) is 0 Å². The van der Waals surface area contributed by atoms with E-state index < -0.39 is 10.2 Å². The van der Waals surface area contributed by atoms with Crippen LogP contribution in [0, 0.1) is 0 Å². The zero-order valence-corrected chi connectivity index (χ0v) is 5.33. The van der Waals surface area contributed by atoms with Gasteiger partial charge in [-0.15, -0.1) is 0 Å². The first-order chi connectivity index (χ1) is 3.62. The highest BCUT2D eigenvalue weighted by Crippen LogP contribution is 1.65. The third kappa shape index (κ3) is 2.92. The highest BCUT2D eigenvalue weighted by atomic mass is 32.2. The van der Waals surface area contributed by atoms with Gasteiger partial charge in [-0.3, -0.25) is 0 Å². The van der Waals surface area contributed by atoms with Crippen LogP contribution < -0.4 is 15.2 Å². The van der Waals surface area contributed by atoms with Crippen LogP contribution >= 0.6 is 0 Å². The van der Waals surface area contributed by atoms with E-state index in [1.165, 1.54) is 7.05 Å². The van der Waals surface area contributed by atoms with E-state index in [4.69, 9.17) is 5.73 Å². The zero-order chi connectivity index (χ0) is 6.62. The lowest BCUT2D eigenvalue weighted by atomic mass is 11.3. The maximum atomic E-state index is 10.3. The molecule has 0 aromatic carbocycles. The van der Waals surface area contributed by atoms with E-state index >= 15 is 0 Å². The highest BCUT2D eigenvalue weighted by Gasteiger charge is 1.99. The molecule has 0 aliphatic rings. The van der Waals surface area contributed by atoms with Crippen molar-refractivity contribution in [2.24, 2.45) is 5.73 Å². The molecule has 0 aliphatic carbocycles. The van der Waals surface area contributed by atoms with Crippen LogP contribution in [0.2, 0.25) is 0 Å². The maximum absolute atomic E-state index is 10.3. The summed E-state index contributed by atoms with van der Waals surface area (Å²) in [6.45, 7) is -0.0802. The van der Waals surface area contributed by atoms with Crippen LogP contribution in [0.3, 0.4) is 0 Å². The third-order valence-corrected chi connectivity index (χ3v) is 1.63. The summed E-state index contributed by atoms with van der Waals surface area (Å²) in [7, 11) is -1.99. The van der Waals surface area contributed by atoms with Crippen LogP contribution in [0.15, 0.2) is 0 Å². The van der Waals surface area contributed by atoms with Gasteiger partial charge in [-0.05, 0) is 0 Å². The van der Waals surface area contributed by atoms with E-state index in [1.807, 2.05) is 9.44 Å². The molecular weight excluding hydrogens is 130 g/mol. The number of nitrogens with two attached hydrogens (primary N) is 1. The smallest absolute Gasteiger partial charge is 0.277 e. The average Bonchev–Trinajstić information content (AvgIpc) is 1.67. The van der Waals surface area contributed by atoms with Crippen molar-refractivity contribution in [2.75, 3.05) is 13.7 Å². The summed E-state index contributed by atoms with van der Waals surface area (Å²) in [4.78, 5) is 0. The van der Waals surface area contributed by atoms with Crippen LogP contribution in [0.25, 0.3) is 0 Å². The lowest BCUT2D eigenvalue weighted by Crippen LogP contribution is -2.37. The summed E-state index contributed by atoms with van der Waals surface area (Å²) >= 11 is 0. The molecule has 0 spiro atoms. The summed E-state index contributed by atoms with van der Waals surface area (Å²) in [5.74, 6) is 0. The Bertz CT molecular complexity index is 139. The molecule has 0 radical (unpaired) electrons. The Kier molecular flexibility index (Phi) is 2.91. The van der Waals surface area contributed by atoms with E-state index in [1.54, 1.807) is 0 Å². The van der Waals surface area contributed by atoms with Crippen molar-refractivity contribution >= 4 is 10.2 Å². The molecule has 4 N–H and O–H groups in total. The Labute approximate surface area is 48.4 Å². The van der Waals surface area contributed by atoms with Gasteiger partial charge in [0.2, 0.25) is 0 Å². The van der Waals surface area contributed by atoms with Gasteiger partial charge in [-0.25, -0.2) is 4.72 Å². The van der Waals surface area contributed by atoms with Crippen molar-refractivity contribution in [2.45, 2.75) is 0 Å². The second-order valence-corrected chi connectivity index (χ2v) is 2.76. The van der Waals surface area contributed by atoms with Crippen LogP contribution in [-0.4, -0.2) is 22.1 Å². The first kappa shape index (κ1) is 7.83. The van der Waals surface area contributed by atoms with Crippen LogP contribution in [0.1, 0.15) is 0 Å². The minimum atomic E-state index is -3.29. The van der Waals surface area contributed by atoms with E-state index in [9.17, 15) is 8.42 Å². The lowest BCUT2D eigenvalue weighted by Gasteiger charge is -1.98. The molecule has 0 aromatic rings. The van der Waals surface area contributed by atoms with Crippen molar-refractivity contribution in [1.82, 2.24) is 9.44 Å². The molecule has 0 atom stereocenters. The fourth-order valence-corrected chi connectivity index (χ4v) is 0.546. The van der Waals surface area contributed by atoms with Gasteiger partial charge in [0.1, 0.15) is 0 Å². The first-order valence-corrected chi connectivity index (χ1v) is 3.49. The van der Waals surface area contributed by atoms with Gasteiger partial charge in [0.25, 0.3) is 10.2 Å². The molecule has 5 nitrogen and oxygen atoms in total. The zero-order valence-electron chi connectivity index (χ0n) is 4.51. The largest absolute Gasteiger partial charge is 0.318 e. The number of rotatable bonds is 3. The van der Waals surface area contributed by atoms with E-state index in [-0.39, 0.29) is 6.67 Å². The average molecular weight is 139 g/mol. The lowest BCUT2D eigenvalue weighted by molar-refractivity contribution is 0.574. The van der Waals surface area contributed by atoms with Gasteiger partial charge in [0, 0.05) is 7.05 Å². The normalized spacial score (nSPS) is 11.8. The molecule has 0 saturated heterocycles. The fourth-order valence-electron chi connectivity index (χ4n) is 0.182. The van der Waals surface area contributed by atoms with Crippen molar-refractivity contribution < 1.29 is 8.42 Å². The van der Waals surface area contributed by atoms with E-state index in [0.29, 0.717) is 0 Å². The molecule has 6 heteroatoms. The Morgan fingerprint density at radius 3 is 2.25 bits per heavy atom. The third-order valence-electron chi connectivity index (χ3n) is 0.542. The number of hydrogen-bond acceptors (Lipinski definition) is 3. The second kappa shape index (κ2) is 2.98. The van der Waals surface area contributed by atoms with Gasteiger partial charge in [-0.2, -0.15) is 13.1 Å². The molecule has 0 aliphatic heterocycles. The molecular formula is C2H9N3O2S. The summed E-state index contributed by atoms with van der Waals surface area (Å²) in [5, 5.41) is 0. The molecule has 0 heterocycles. The van der Waals surface area contributed by atoms with E-state index in [2.05, 4.69) is 0 Å². The monoisotopic (exact) mass is 139 g/mol. The molecule has 0 rings (SSSR count). The van der Waals surface area contributed by atoms with Gasteiger partial charge in [0.05, 0.1) is 6.67 Å². The summed E-state index contributed by atoms with van der Waals surface area (Å²) in [5.41, 5.74) is 4.86.